The Morgan fingerprint density at radius 1 is 0.492 bits per heavy atom. The number of carbonyl (C=O) groups excluding carboxylic acids is 8. The fourth-order valence-corrected chi connectivity index (χ4v) is 15.8. The zero-order valence-corrected chi connectivity index (χ0v) is 71.9. The van der Waals surface area contributed by atoms with Crippen LogP contribution < -0.4 is 45.1 Å². The van der Waals surface area contributed by atoms with Crippen LogP contribution in [-0.2, 0) is 66.7 Å². The molecule has 8 amide bonds. The van der Waals surface area contributed by atoms with Gasteiger partial charge < -0.3 is 97.7 Å². The van der Waals surface area contributed by atoms with Gasteiger partial charge in [-0.15, -0.1) is 0 Å². The van der Waals surface area contributed by atoms with Crippen LogP contribution in [0.2, 0.25) is 0 Å². The molecular weight excluding hydrogens is 1570 g/mol. The molecule has 7 aliphatic rings. The van der Waals surface area contributed by atoms with E-state index in [0.29, 0.717) is 183 Å². The summed E-state index contributed by atoms with van der Waals surface area (Å²) in [4.78, 5) is 125. The van der Waals surface area contributed by atoms with E-state index in [4.69, 9.17) is 66.8 Å². The van der Waals surface area contributed by atoms with Gasteiger partial charge in [0.15, 0.2) is 23.0 Å². The molecule has 1 saturated carbocycles. The van der Waals surface area contributed by atoms with E-state index in [9.17, 15) is 38.4 Å². The van der Waals surface area contributed by atoms with E-state index in [1.807, 2.05) is 30.7 Å². The number of aliphatic imine (C=N–C) groups is 2. The maximum atomic E-state index is 14.2. The van der Waals surface area contributed by atoms with Gasteiger partial charge in [0.25, 0.3) is 11.8 Å². The number of ether oxygens (including phenoxy) is 12. The van der Waals surface area contributed by atoms with Crippen LogP contribution in [0.25, 0.3) is 11.1 Å². The van der Waals surface area contributed by atoms with Crippen LogP contribution in [0.5, 0.6) is 23.0 Å². The number of imide groups is 1. The van der Waals surface area contributed by atoms with Crippen molar-refractivity contribution < 1.29 is 95.2 Å². The number of methoxy groups -OCH3 is 2. The fourth-order valence-electron chi connectivity index (χ4n) is 15.8. The van der Waals surface area contributed by atoms with Crippen LogP contribution >= 0.6 is 0 Å². The molecule has 664 valence electrons. The molecule has 6 aliphatic heterocycles. The van der Waals surface area contributed by atoms with E-state index in [2.05, 4.69) is 62.4 Å². The van der Waals surface area contributed by atoms with Crippen molar-refractivity contribution in [1.82, 2.24) is 35.6 Å². The molecule has 4 N–H and O–H groups in total. The second kappa shape index (κ2) is 49.0. The number of nitrogens with zero attached hydrogens (tertiary/aromatic N) is 7. The molecule has 0 radical (unpaired) electrons. The van der Waals surface area contributed by atoms with Crippen molar-refractivity contribution in [2.75, 3.05) is 190 Å². The van der Waals surface area contributed by atoms with Crippen LogP contribution in [0.1, 0.15) is 155 Å². The number of piperazine rings is 1. The number of rotatable bonds is 50. The fraction of sp³-hybridized carbons (Fsp3) is 0.582. The van der Waals surface area contributed by atoms with Gasteiger partial charge >= 0.3 is 0 Å². The third-order valence-corrected chi connectivity index (χ3v) is 22.8. The Morgan fingerprint density at radius 2 is 0.959 bits per heavy atom. The lowest BCUT2D eigenvalue weighted by molar-refractivity contribution is -0.140. The molecule has 2 saturated heterocycles. The molecule has 0 aromatic heterocycles. The molecule has 122 heavy (non-hydrogen) atoms. The van der Waals surface area contributed by atoms with E-state index >= 15 is 0 Å². The number of hydrogen-bond donors (Lipinski definition) is 4. The number of hydrogen-bond acceptors (Lipinski definition) is 24. The summed E-state index contributed by atoms with van der Waals surface area (Å²) in [6.07, 6.45) is 20.2. The minimum Gasteiger partial charge on any atom is -0.493 e. The van der Waals surface area contributed by atoms with E-state index in [0.717, 1.165) is 87.0 Å². The molecule has 5 atom stereocenters. The lowest BCUT2D eigenvalue weighted by Gasteiger charge is -2.34. The number of nitrogens with one attached hydrogen (secondary N) is 4. The van der Waals surface area contributed by atoms with Gasteiger partial charge in [-0.3, -0.25) is 53.2 Å². The van der Waals surface area contributed by atoms with Crippen molar-refractivity contribution in [1.29, 1.82) is 0 Å². The van der Waals surface area contributed by atoms with Crippen LogP contribution in [0, 0.1) is 17.8 Å². The number of benzene rings is 4. The summed E-state index contributed by atoms with van der Waals surface area (Å²) in [5.41, 5.74) is 7.47. The Kier molecular flexibility index (Phi) is 37.3. The zero-order chi connectivity index (χ0) is 86.0. The van der Waals surface area contributed by atoms with E-state index in [1.54, 1.807) is 80.3 Å². The van der Waals surface area contributed by atoms with Gasteiger partial charge in [-0.25, -0.2) is 0 Å². The minimum atomic E-state index is -0.939. The highest BCUT2D eigenvalue weighted by atomic mass is 16.6. The second-order valence-electron chi connectivity index (χ2n) is 32.0. The predicted molar refractivity (Wildman–Crippen MR) is 462 cm³/mol. The normalized spacial score (nSPS) is 18.5. The van der Waals surface area contributed by atoms with Gasteiger partial charge in [-0.1, -0.05) is 76.6 Å². The largest absolute Gasteiger partial charge is 0.493 e. The first kappa shape index (κ1) is 93.0. The third-order valence-electron chi connectivity index (χ3n) is 22.8. The Hall–Kier alpha value is -9.70. The molecule has 1 unspecified atom stereocenters. The summed E-state index contributed by atoms with van der Waals surface area (Å²) < 4.78 is 68.5. The van der Waals surface area contributed by atoms with Crippen molar-refractivity contribution in [3.05, 3.63) is 107 Å². The summed E-state index contributed by atoms with van der Waals surface area (Å²) in [6, 6.07) is 20.4. The van der Waals surface area contributed by atoms with Crippen molar-refractivity contribution in [2.45, 2.75) is 148 Å². The molecule has 0 bridgehead atoms. The summed E-state index contributed by atoms with van der Waals surface area (Å²) in [5, 5.41) is 11.2. The quantitative estimate of drug-likeness (QED) is 0.0236. The molecule has 31 heteroatoms. The van der Waals surface area contributed by atoms with Crippen molar-refractivity contribution in [2.24, 2.45) is 27.7 Å². The van der Waals surface area contributed by atoms with Crippen LogP contribution in [0.4, 0.5) is 22.7 Å². The molecule has 0 spiro atoms. The van der Waals surface area contributed by atoms with Crippen LogP contribution in [0.3, 0.4) is 0 Å². The van der Waals surface area contributed by atoms with E-state index < -0.39 is 23.9 Å². The first-order valence-corrected chi connectivity index (χ1v) is 43.6. The Bertz CT molecular complexity index is 4220. The smallest absolute Gasteiger partial charge is 0.260 e. The highest BCUT2D eigenvalue weighted by Gasteiger charge is 2.43. The Labute approximate surface area is 716 Å². The number of likely N-dealkylation sites (tertiary alicyclic amines) is 1. The maximum Gasteiger partial charge on any atom is 0.260 e. The molecule has 6 heterocycles. The molecular formula is C91H125N11O20. The average molecular weight is 1690 g/mol. The van der Waals surface area contributed by atoms with Gasteiger partial charge in [-0.05, 0) is 117 Å². The Balaban J connectivity index is 0.478. The Morgan fingerprint density at radius 3 is 1.44 bits per heavy atom. The summed E-state index contributed by atoms with van der Waals surface area (Å²) >= 11 is 0. The number of carbonyl (C=O) groups is 8. The van der Waals surface area contributed by atoms with Gasteiger partial charge in [0.05, 0.1) is 174 Å². The maximum absolute atomic E-state index is 14.2. The van der Waals surface area contributed by atoms with Crippen molar-refractivity contribution in [3.8, 4) is 23.0 Å². The van der Waals surface area contributed by atoms with Gasteiger partial charge in [0.1, 0.15) is 12.1 Å². The molecule has 11 rings (SSSR count). The summed E-state index contributed by atoms with van der Waals surface area (Å²) in [5.74, 6) is -0.613. The van der Waals surface area contributed by atoms with E-state index in [1.165, 1.54) is 43.4 Å². The molecule has 4 aromatic carbocycles. The van der Waals surface area contributed by atoms with Gasteiger partial charge in [-0.2, -0.15) is 0 Å². The van der Waals surface area contributed by atoms with Gasteiger partial charge in [0.2, 0.25) is 35.4 Å². The molecule has 4 aromatic rings. The highest BCUT2D eigenvalue weighted by molar-refractivity contribution is 6.07. The summed E-state index contributed by atoms with van der Waals surface area (Å²) in [6.45, 7) is 16.2. The number of fused-ring (bicyclic) bond motifs is 4. The van der Waals surface area contributed by atoms with Crippen molar-refractivity contribution >= 4 is 93.6 Å². The SMILES string of the molecule is COc1cc2c(cc1OCCCCCOc1cc3c(cc1OC)C(=O)N1C=C(c4ccc(N5CCN(C)CC5)cc4)C[C@H]1C=N3)N=C[C@@H]1CC(c3ccc(NC(=O)[C@H](C)NC(=O)[C@@H](NC(=O)CCOCCOCCOCCOCCOCCOCCOCCOCCNC(=O)CCN4C(=O)CC(C5CCCCCCCC5)C4=O)C(C)C)cc3)=CN1C2=O. The van der Waals surface area contributed by atoms with E-state index in [-0.39, 0.29) is 104 Å². The first-order valence-electron chi connectivity index (χ1n) is 43.6. The van der Waals surface area contributed by atoms with Crippen LogP contribution in [-0.4, -0.2) is 283 Å². The zero-order valence-electron chi connectivity index (χ0n) is 71.9. The number of anilines is 2. The van der Waals surface area contributed by atoms with Crippen molar-refractivity contribution in [3.63, 3.8) is 0 Å². The lowest BCUT2D eigenvalue weighted by Crippen LogP contribution is -2.53. The highest BCUT2D eigenvalue weighted by Crippen LogP contribution is 2.43. The minimum absolute atomic E-state index is 0.0155. The first-order chi connectivity index (χ1) is 59.4. The summed E-state index contributed by atoms with van der Waals surface area (Å²) in [7, 11) is 5.25. The van der Waals surface area contributed by atoms with Gasteiger partial charge in [0, 0.05) is 120 Å². The lowest BCUT2D eigenvalue weighted by atomic mass is 9.83. The number of unbranched alkanes of at least 4 members (excludes halogenated alkanes) is 2. The predicted octanol–water partition coefficient (Wildman–Crippen LogP) is 9.77. The second-order valence-corrected chi connectivity index (χ2v) is 32.0. The molecule has 3 fully saturated rings. The third kappa shape index (κ3) is 27.7. The standard InChI is InChI=1S/C91H125N11O20/c1-63(2)86(97-84(104)27-36-113-38-40-115-42-44-117-46-48-119-50-51-120-49-47-118-45-43-116-41-39-114-37-28-92-83(103)26-29-100-85(105)56-74(89(100)108)67-16-12-9-7-8-10-13-17-67)88(107)95-64(3)87(106)96-70-22-18-65(19-23-70)68-52-72-59-93-77-57-81(79(111-5)54-75(77)90(109)101(72)61-68)121-34-14-11-15-35-122-82-58-78-76(55-80(82)112-6)91(110)102-62-69(53-73(102)60-94-78)66-20-24-71(25-21-66)99-32-30-98(4)31-33-99/h18-25,54-55,57-64,67,72-74,86H,7-17,26-53,56H2,1-6H3,(H,92,103)(H,95,107)(H,96,106)(H,97,104)/t64-,72-,73-,74?,86-/m0/s1. The molecule has 31 nitrogen and oxygen atoms in total. The number of amides is 8. The number of likely N-dealkylation sites (N-methyl/N-ethyl adjacent to an activating group) is 1. The van der Waals surface area contributed by atoms with Crippen LogP contribution in [0.15, 0.2) is 95.2 Å². The monoisotopic (exact) mass is 1690 g/mol. The topological polar surface area (TPSA) is 336 Å². The molecule has 1 aliphatic carbocycles. The average Bonchev–Trinajstić information content (AvgIpc) is 1.63.